The SMILES string of the molecule is Cc1cc2c(C(C)C)c(O)c(O)c(C=NCCOS(=O)(=O)O)c2c(O)c1-c1c(C)cc2c(C(C)C)c(O)c(O)c(C=NCCOS(=O)(=O)O)c2c1O.[Na+].[Na+]. The molecule has 0 aliphatic rings. The van der Waals surface area contributed by atoms with Gasteiger partial charge in [-0.25, -0.2) is 8.37 Å². The quantitative estimate of drug-likeness (QED) is 0.0271. The standard InChI is InChI=1S/C34H40N2O14S2.2Na/c1-15(2)23-19-11-17(5)25(31(39)27(19)21(29(37)33(23)41)13-35-7-9-49-51(43,44)45)26-18(6)12-20-24(16(3)4)34(42)30(38)22(28(20)32(26)40)14-36-8-10-50-52(46,47)48;;/h11-16,37-42H,7-10H2,1-6H3,(H,43,44,45)(H,46,47,48);;/q;2*+1. The Balaban J connectivity index is 0.00000504. The van der Waals surface area contributed by atoms with E-state index in [2.05, 4.69) is 18.4 Å². The number of nitrogens with zero attached hydrogens (tertiary/aromatic N) is 2. The van der Waals surface area contributed by atoms with E-state index < -0.39 is 68.5 Å². The van der Waals surface area contributed by atoms with Crippen LogP contribution < -0.4 is 59.1 Å². The van der Waals surface area contributed by atoms with Crippen molar-refractivity contribution in [3.63, 3.8) is 0 Å². The van der Waals surface area contributed by atoms with Crippen molar-refractivity contribution in [1.29, 1.82) is 0 Å². The van der Waals surface area contributed by atoms with Crippen LogP contribution in [-0.2, 0) is 29.2 Å². The molecular formula is C34H40N2Na2O14S2+2. The molecule has 0 atom stereocenters. The second kappa shape index (κ2) is 18.5. The number of aryl methyl sites for hydroxylation is 2. The summed E-state index contributed by atoms with van der Waals surface area (Å²) in [5.41, 5.74) is 1.32. The van der Waals surface area contributed by atoms with Crippen LogP contribution in [0, 0.1) is 13.8 Å². The Morgan fingerprint density at radius 1 is 0.593 bits per heavy atom. The summed E-state index contributed by atoms with van der Waals surface area (Å²) >= 11 is 0. The Bertz CT molecular complexity index is 2200. The molecule has 0 saturated heterocycles. The summed E-state index contributed by atoms with van der Waals surface area (Å²) in [5, 5.41) is 69.3. The van der Waals surface area contributed by atoms with E-state index in [-0.39, 0.29) is 117 Å². The fraction of sp³-hybridized carbons (Fsp3) is 0.353. The Hall–Kier alpha value is -2.72. The van der Waals surface area contributed by atoms with E-state index in [0.717, 1.165) is 12.4 Å². The summed E-state index contributed by atoms with van der Waals surface area (Å²) in [4.78, 5) is 8.09. The van der Waals surface area contributed by atoms with Gasteiger partial charge in [-0.2, -0.15) is 16.8 Å². The number of benzene rings is 4. The zero-order valence-electron chi connectivity index (χ0n) is 31.0. The molecule has 4 rings (SSSR count). The molecule has 4 aromatic rings. The average molecular weight is 811 g/mol. The number of rotatable bonds is 13. The fourth-order valence-electron chi connectivity index (χ4n) is 6.33. The van der Waals surface area contributed by atoms with Gasteiger partial charge in [-0.1, -0.05) is 39.8 Å². The number of aliphatic imine (C=N–C) groups is 2. The number of phenols is 6. The van der Waals surface area contributed by atoms with E-state index in [1.165, 1.54) is 0 Å². The Morgan fingerprint density at radius 2 is 0.907 bits per heavy atom. The minimum Gasteiger partial charge on any atom is -0.507 e. The third-order valence-corrected chi connectivity index (χ3v) is 9.26. The molecule has 0 unspecified atom stereocenters. The number of aromatic hydroxyl groups is 6. The van der Waals surface area contributed by atoms with Gasteiger partial charge in [0.2, 0.25) is 0 Å². The van der Waals surface area contributed by atoms with Crippen molar-refractivity contribution in [1.82, 2.24) is 0 Å². The molecule has 4 aromatic carbocycles. The van der Waals surface area contributed by atoms with Crippen LogP contribution in [0.15, 0.2) is 22.1 Å². The van der Waals surface area contributed by atoms with Crippen LogP contribution in [-0.4, -0.2) is 95.3 Å². The van der Waals surface area contributed by atoms with Crippen molar-refractivity contribution in [2.45, 2.75) is 53.4 Å². The summed E-state index contributed by atoms with van der Waals surface area (Å²) in [7, 11) is -9.47. The van der Waals surface area contributed by atoms with Crippen LogP contribution in [0.2, 0.25) is 0 Å². The zero-order valence-corrected chi connectivity index (χ0v) is 36.7. The van der Waals surface area contributed by atoms with Gasteiger partial charge in [0.1, 0.15) is 11.5 Å². The van der Waals surface area contributed by atoms with Gasteiger partial charge in [0.15, 0.2) is 23.0 Å². The Labute approximate surface area is 356 Å². The number of phenolic OH excluding ortho intramolecular Hbond substituents is 6. The van der Waals surface area contributed by atoms with Crippen molar-refractivity contribution in [3.8, 4) is 45.6 Å². The van der Waals surface area contributed by atoms with E-state index in [0.29, 0.717) is 33.0 Å². The zero-order chi connectivity index (χ0) is 39.0. The predicted molar refractivity (Wildman–Crippen MR) is 194 cm³/mol. The largest absolute Gasteiger partial charge is 1.00 e. The molecule has 0 radical (unpaired) electrons. The molecule has 0 aromatic heterocycles. The van der Waals surface area contributed by atoms with Crippen LogP contribution in [0.5, 0.6) is 34.5 Å². The van der Waals surface area contributed by atoms with Crippen molar-refractivity contribution < 1.29 is 124 Å². The maximum Gasteiger partial charge on any atom is 1.00 e. The van der Waals surface area contributed by atoms with Crippen LogP contribution in [0.3, 0.4) is 0 Å². The first kappa shape index (κ1) is 47.4. The summed E-state index contributed by atoms with van der Waals surface area (Å²) < 4.78 is 70.0. The van der Waals surface area contributed by atoms with Gasteiger partial charge in [-0.15, -0.1) is 0 Å². The molecule has 0 saturated carbocycles. The second-order valence-corrected chi connectivity index (χ2v) is 14.8. The summed E-state index contributed by atoms with van der Waals surface area (Å²) in [6.07, 6.45) is 2.19. The molecule has 8 N–H and O–H groups in total. The molecular weight excluding hydrogens is 770 g/mol. The van der Waals surface area contributed by atoms with Crippen LogP contribution in [0.4, 0.5) is 0 Å². The first-order valence-corrected chi connectivity index (χ1v) is 18.5. The van der Waals surface area contributed by atoms with Gasteiger partial charge < -0.3 is 30.6 Å². The number of hydrogen-bond donors (Lipinski definition) is 8. The molecule has 282 valence electrons. The average Bonchev–Trinajstić information content (AvgIpc) is 3.00. The minimum atomic E-state index is -4.74. The molecule has 0 heterocycles. The molecule has 0 aliphatic heterocycles. The van der Waals surface area contributed by atoms with Crippen molar-refractivity contribution >= 4 is 54.8 Å². The van der Waals surface area contributed by atoms with E-state index in [1.54, 1.807) is 53.7 Å². The molecule has 54 heavy (non-hydrogen) atoms. The van der Waals surface area contributed by atoms with Crippen molar-refractivity contribution in [3.05, 3.63) is 45.5 Å². The monoisotopic (exact) mass is 810 g/mol. The van der Waals surface area contributed by atoms with Gasteiger partial charge in [0.25, 0.3) is 0 Å². The van der Waals surface area contributed by atoms with Crippen LogP contribution in [0.1, 0.15) is 72.9 Å². The fourth-order valence-corrected chi connectivity index (χ4v) is 6.90. The van der Waals surface area contributed by atoms with Gasteiger partial charge >= 0.3 is 79.9 Å². The van der Waals surface area contributed by atoms with Gasteiger partial charge in [0.05, 0.1) is 26.3 Å². The Kier molecular flexibility index (Phi) is 16.2. The second-order valence-electron chi connectivity index (χ2n) is 12.6. The maximum absolute atomic E-state index is 12.1. The van der Waals surface area contributed by atoms with Crippen molar-refractivity contribution in [2.75, 3.05) is 26.3 Å². The molecule has 0 fully saturated rings. The van der Waals surface area contributed by atoms with E-state index in [9.17, 15) is 47.5 Å². The van der Waals surface area contributed by atoms with Crippen LogP contribution >= 0.6 is 0 Å². The smallest absolute Gasteiger partial charge is 0.507 e. The number of fused-ring (bicyclic) bond motifs is 2. The molecule has 0 amide bonds. The minimum absolute atomic E-state index is 0. The van der Waals surface area contributed by atoms with Gasteiger partial charge in [-0.3, -0.25) is 19.1 Å². The molecule has 0 spiro atoms. The molecule has 16 nitrogen and oxygen atoms in total. The predicted octanol–water partition coefficient (Wildman–Crippen LogP) is -0.758. The Morgan fingerprint density at radius 3 is 1.19 bits per heavy atom. The molecule has 0 aliphatic carbocycles. The normalized spacial score (nSPS) is 12.4. The topological polar surface area (TPSA) is 273 Å². The summed E-state index contributed by atoms with van der Waals surface area (Å²) in [6.45, 7) is 8.64. The van der Waals surface area contributed by atoms with E-state index in [1.807, 2.05) is 0 Å². The first-order chi connectivity index (χ1) is 24.1. The maximum atomic E-state index is 12.1. The van der Waals surface area contributed by atoms with Gasteiger partial charge in [0, 0.05) is 56.6 Å². The van der Waals surface area contributed by atoms with E-state index >= 15 is 0 Å². The van der Waals surface area contributed by atoms with Crippen LogP contribution in [0.25, 0.3) is 32.7 Å². The first-order valence-electron chi connectivity index (χ1n) is 15.8. The third-order valence-electron chi connectivity index (χ3n) is 8.34. The van der Waals surface area contributed by atoms with Crippen molar-refractivity contribution in [2.24, 2.45) is 9.98 Å². The summed E-state index contributed by atoms with van der Waals surface area (Å²) in [6, 6.07) is 3.29. The summed E-state index contributed by atoms with van der Waals surface area (Å²) in [5.74, 6) is -3.84. The molecule has 0 bridgehead atoms. The van der Waals surface area contributed by atoms with Gasteiger partial charge in [-0.05, 0) is 47.6 Å². The van der Waals surface area contributed by atoms with E-state index in [4.69, 9.17) is 9.11 Å². The third kappa shape index (κ3) is 9.98. The number of hydrogen-bond acceptors (Lipinski definition) is 14. The molecule has 20 heteroatoms.